The molecule has 0 aromatic carbocycles. The predicted octanol–water partition coefficient (Wildman–Crippen LogP) is 0.882. The standard InChI is InChI=1S/C20H30N4O4/c1-14-17(11-22-6-3-4-7-22)18(21-28-14)19(27)24-10-16-9-23(15(2)26)8-5-20(16,12-24)13-25/h16,25H,3-13H2,1-2H3/t16-,20+/m1/s1. The molecule has 0 unspecified atom stereocenters. The minimum Gasteiger partial charge on any atom is -0.396 e. The summed E-state index contributed by atoms with van der Waals surface area (Å²) in [5, 5.41) is 14.2. The quantitative estimate of drug-likeness (QED) is 0.821. The summed E-state index contributed by atoms with van der Waals surface area (Å²) in [6.07, 6.45) is 3.09. The van der Waals surface area contributed by atoms with E-state index in [9.17, 15) is 14.7 Å². The van der Waals surface area contributed by atoms with Crippen LogP contribution in [0.15, 0.2) is 4.52 Å². The van der Waals surface area contributed by atoms with Crippen LogP contribution in [0.2, 0.25) is 0 Å². The second-order valence-electron chi connectivity index (χ2n) is 8.67. The Labute approximate surface area is 165 Å². The normalized spacial score (nSPS) is 28.0. The molecule has 3 fully saturated rings. The second-order valence-corrected chi connectivity index (χ2v) is 8.67. The van der Waals surface area contributed by atoms with Crippen molar-refractivity contribution in [1.82, 2.24) is 19.9 Å². The molecule has 4 heterocycles. The van der Waals surface area contributed by atoms with Gasteiger partial charge in [-0.3, -0.25) is 14.5 Å². The van der Waals surface area contributed by atoms with Gasteiger partial charge >= 0.3 is 0 Å². The van der Waals surface area contributed by atoms with E-state index < -0.39 is 0 Å². The fraction of sp³-hybridized carbons (Fsp3) is 0.750. The Bertz CT molecular complexity index is 757. The number of fused-ring (bicyclic) bond motifs is 1. The van der Waals surface area contributed by atoms with E-state index in [1.54, 1.807) is 11.8 Å². The van der Waals surface area contributed by atoms with Gasteiger partial charge in [-0.1, -0.05) is 5.16 Å². The van der Waals surface area contributed by atoms with E-state index in [2.05, 4.69) is 10.1 Å². The lowest BCUT2D eigenvalue weighted by Crippen LogP contribution is -2.50. The Balaban J connectivity index is 1.52. The van der Waals surface area contributed by atoms with Crippen molar-refractivity contribution < 1.29 is 19.2 Å². The van der Waals surface area contributed by atoms with E-state index in [1.807, 2.05) is 11.8 Å². The molecule has 0 aliphatic carbocycles. The maximum atomic E-state index is 13.3. The summed E-state index contributed by atoms with van der Waals surface area (Å²) in [6.45, 7) is 8.52. The zero-order valence-electron chi connectivity index (χ0n) is 16.8. The molecule has 1 aromatic heterocycles. The highest BCUT2D eigenvalue weighted by molar-refractivity contribution is 5.94. The molecular formula is C20H30N4O4. The molecule has 0 bridgehead atoms. The van der Waals surface area contributed by atoms with Gasteiger partial charge in [-0.05, 0) is 39.3 Å². The Morgan fingerprint density at radius 2 is 1.93 bits per heavy atom. The van der Waals surface area contributed by atoms with Crippen LogP contribution in [-0.2, 0) is 11.3 Å². The molecule has 3 saturated heterocycles. The van der Waals surface area contributed by atoms with E-state index in [-0.39, 0.29) is 29.8 Å². The Morgan fingerprint density at radius 3 is 2.61 bits per heavy atom. The Morgan fingerprint density at radius 1 is 1.21 bits per heavy atom. The first kappa shape index (κ1) is 19.4. The molecule has 154 valence electrons. The van der Waals surface area contributed by atoms with E-state index in [4.69, 9.17) is 4.52 Å². The molecule has 2 amide bonds. The molecule has 1 N–H and O–H groups in total. The first-order valence-corrected chi connectivity index (χ1v) is 10.3. The number of carbonyl (C=O) groups excluding carboxylic acids is 2. The number of aryl methyl sites for hydroxylation is 1. The van der Waals surface area contributed by atoms with Gasteiger partial charge in [-0.25, -0.2) is 0 Å². The minimum atomic E-state index is -0.324. The lowest BCUT2D eigenvalue weighted by molar-refractivity contribution is -0.133. The van der Waals surface area contributed by atoms with Crippen molar-refractivity contribution in [2.24, 2.45) is 11.3 Å². The third-order valence-corrected chi connectivity index (χ3v) is 6.95. The van der Waals surface area contributed by atoms with Crippen LogP contribution in [0.4, 0.5) is 0 Å². The van der Waals surface area contributed by atoms with Crippen LogP contribution in [0.25, 0.3) is 0 Å². The summed E-state index contributed by atoms with van der Waals surface area (Å²) < 4.78 is 5.38. The highest BCUT2D eigenvalue weighted by atomic mass is 16.5. The van der Waals surface area contributed by atoms with Crippen LogP contribution < -0.4 is 0 Å². The number of nitrogens with zero attached hydrogens (tertiary/aromatic N) is 4. The van der Waals surface area contributed by atoms with Crippen molar-refractivity contribution in [1.29, 1.82) is 0 Å². The monoisotopic (exact) mass is 390 g/mol. The van der Waals surface area contributed by atoms with Gasteiger partial charge in [0, 0.05) is 56.5 Å². The molecule has 28 heavy (non-hydrogen) atoms. The average molecular weight is 390 g/mol. The van der Waals surface area contributed by atoms with Crippen molar-refractivity contribution in [3.05, 3.63) is 17.0 Å². The number of aliphatic hydroxyl groups is 1. The zero-order chi connectivity index (χ0) is 19.9. The average Bonchev–Trinajstić information content (AvgIpc) is 3.40. The lowest BCUT2D eigenvalue weighted by atomic mass is 9.73. The number of piperidine rings is 1. The SMILES string of the molecule is CC(=O)N1CC[C@@]2(CO)CN(C(=O)c3noc(C)c3CN3CCCC3)C[C@H]2C1. The summed E-state index contributed by atoms with van der Waals surface area (Å²) >= 11 is 0. The fourth-order valence-electron chi connectivity index (χ4n) is 5.04. The third-order valence-electron chi connectivity index (χ3n) is 6.95. The molecule has 4 rings (SSSR count). The van der Waals surface area contributed by atoms with Crippen LogP contribution in [0.1, 0.15) is 48.0 Å². The molecule has 3 aliphatic heterocycles. The molecular weight excluding hydrogens is 360 g/mol. The number of hydrogen-bond donors (Lipinski definition) is 1. The van der Waals surface area contributed by atoms with Crippen LogP contribution in [0.3, 0.4) is 0 Å². The van der Waals surface area contributed by atoms with Crippen molar-refractivity contribution in [2.45, 2.75) is 39.7 Å². The van der Waals surface area contributed by atoms with Crippen LogP contribution in [0, 0.1) is 18.3 Å². The molecule has 0 radical (unpaired) electrons. The van der Waals surface area contributed by atoms with Gasteiger partial charge in [0.2, 0.25) is 5.91 Å². The molecule has 8 nitrogen and oxygen atoms in total. The summed E-state index contributed by atoms with van der Waals surface area (Å²) in [5.74, 6) is 0.722. The van der Waals surface area contributed by atoms with E-state index in [0.29, 0.717) is 44.2 Å². The van der Waals surface area contributed by atoms with Gasteiger partial charge < -0.3 is 19.4 Å². The van der Waals surface area contributed by atoms with Crippen LogP contribution in [0.5, 0.6) is 0 Å². The molecule has 3 aliphatic rings. The summed E-state index contributed by atoms with van der Waals surface area (Å²) in [4.78, 5) is 31.0. The zero-order valence-corrected chi connectivity index (χ0v) is 16.8. The van der Waals surface area contributed by atoms with Crippen LogP contribution >= 0.6 is 0 Å². The summed E-state index contributed by atoms with van der Waals surface area (Å²) in [6, 6.07) is 0. The molecule has 0 saturated carbocycles. The summed E-state index contributed by atoms with van der Waals surface area (Å²) in [5.41, 5.74) is 0.958. The van der Waals surface area contributed by atoms with Gasteiger partial charge in [-0.15, -0.1) is 0 Å². The number of hydrogen-bond acceptors (Lipinski definition) is 6. The number of likely N-dealkylation sites (tertiary alicyclic amines) is 3. The van der Waals surface area contributed by atoms with Gasteiger partial charge in [0.25, 0.3) is 5.91 Å². The lowest BCUT2D eigenvalue weighted by Gasteiger charge is -2.41. The largest absolute Gasteiger partial charge is 0.396 e. The highest BCUT2D eigenvalue weighted by Crippen LogP contribution is 2.43. The molecule has 2 atom stereocenters. The Hall–Kier alpha value is -1.93. The third kappa shape index (κ3) is 3.33. The second kappa shape index (κ2) is 7.48. The highest BCUT2D eigenvalue weighted by Gasteiger charge is 2.51. The van der Waals surface area contributed by atoms with Crippen molar-refractivity contribution in [2.75, 3.05) is 45.9 Å². The molecule has 8 heteroatoms. The first-order chi connectivity index (χ1) is 13.4. The van der Waals surface area contributed by atoms with Gasteiger partial charge in [0.05, 0.1) is 6.61 Å². The number of aliphatic hydroxyl groups excluding tert-OH is 1. The molecule has 0 spiro atoms. The van der Waals surface area contributed by atoms with E-state index in [0.717, 1.165) is 25.1 Å². The smallest absolute Gasteiger partial charge is 0.276 e. The maximum Gasteiger partial charge on any atom is 0.276 e. The number of aromatic nitrogens is 1. The van der Waals surface area contributed by atoms with Gasteiger partial charge in [-0.2, -0.15) is 0 Å². The number of carbonyl (C=O) groups is 2. The molecule has 1 aromatic rings. The van der Waals surface area contributed by atoms with Gasteiger partial charge in [0.1, 0.15) is 5.76 Å². The number of rotatable bonds is 4. The van der Waals surface area contributed by atoms with Crippen molar-refractivity contribution >= 4 is 11.8 Å². The predicted molar refractivity (Wildman–Crippen MR) is 102 cm³/mol. The fourth-order valence-corrected chi connectivity index (χ4v) is 5.04. The van der Waals surface area contributed by atoms with Crippen molar-refractivity contribution in [3.8, 4) is 0 Å². The summed E-state index contributed by atoms with van der Waals surface area (Å²) in [7, 11) is 0. The van der Waals surface area contributed by atoms with Gasteiger partial charge in [0.15, 0.2) is 5.69 Å². The Kier molecular flexibility index (Phi) is 5.18. The van der Waals surface area contributed by atoms with Crippen LogP contribution in [-0.4, -0.2) is 82.7 Å². The minimum absolute atomic E-state index is 0.0334. The van der Waals surface area contributed by atoms with E-state index >= 15 is 0 Å². The maximum absolute atomic E-state index is 13.3. The number of amides is 2. The first-order valence-electron chi connectivity index (χ1n) is 10.3. The van der Waals surface area contributed by atoms with Crippen molar-refractivity contribution in [3.63, 3.8) is 0 Å². The topological polar surface area (TPSA) is 90.1 Å². The van der Waals surface area contributed by atoms with E-state index in [1.165, 1.54) is 12.8 Å².